The Balaban J connectivity index is 0.000000233. The van der Waals surface area contributed by atoms with E-state index in [1.54, 1.807) is 6.92 Å². The molecular weight excluding hydrogens is 548 g/mol. The van der Waals surface area contributed by atoms with Gasteiger partial charge in [-0.25, -0.2) is 4.79 Å². The lowest BCUT2D eigenvalue weighted by Gasteiger charge is -1.99. The Morgan fingerprint density at radius 3 is 2.23 bits per heavy atom. The van der Waals surface area contributed by atoms with Gasteiger partial charge in [0.05, 0.1) is 31.0 Å². The predicted octanol–water partition coefficient (Wildman–Crippen LogP) is 5.16. The molecule has 0 saturated carbocycles. The SMILES string of the molecule is CCOC(=O)c1cc2cc([N+](=O)[O-])cc(Br)c2o1.O=Cc1cc([N+](=O)[O-])cc(Br)c1O. The maximum absolute atomic E-state index is 11.5. The molecule has 0 aliphatic heterocycles. The van der Waals surface area contributed by atoms with E-state index in [-0.39, 0.29) is 39.5 Å². The maximum atomic E-state index is 11.5. The Hall–Kier alpha value is -3.32. The molecule has 0 spiro atoms. The number of rotatable bonds is 5. The van der Waals surface area contributed by atoms with Crippen LogP contribution in [0.2, 0.25) is 0 Å². The number of ether oxygens (including phenoxy) is 1. The molecule has 0 bridgehead atoms. The van der Waals surface area contributed by atoms with Crippen LogP contribution in [0.15, 0.2) is 43.7 Å². The van der Waals surface area contributed by atoms with E-state index in [2.05, 4.69) is 31.9 Å². The summed E-state index contributed by atoms with van der Waals surface area (Å²) in [5, 5.41) is 30.7. The molecule has 1 aromatic heterocycles. The van der Waals surface area contributed by atoms with Gasteiger partial charge in [0.1, 0.15) is 11.3 Å². The van der Waals surface area contributed by atoms with Gasteiger partial charge in [-0.1, -0.05) is 0 Å². The molecular formula is C18H12Br2N2O9. The molecule has 2 aromatic carbocycles. The lowest BCUT2D eigenvalue weighted by molar-refractivity contribution is -0.385. The normalized spacial score (nSPS) is 10.2. The van der Waals surface area contributed by atoms with Crippen molar-refractivity contribution in [3.63, 3.8) is 0 Å². The summed E-state index contributed by atoms with van der Waals surface area (Å²) in [6.07, 6.45) is 0.354. The van der Waals surface area contributed by atoms with Gasteiger partial charge in [0.2, 0.25) is 5.76 Å². The van der Waals surface area contributed by atoms with Crippen molar-refractivity contribution in [3.05, 3.63) is 70.8 Å². The van der Waals surface area contributed by atoms with E-state index in [9.17, 15) is 34.9 Å². The van der Waals surface area contributed by atoms with Crippen molar-refractivity contribution in [1.82, 2.24) is 0 Å². The number of hydrogen-bond acceptors (Lipinski definition) is 9. The third-order valence-corrected chi connectivity index (χ3v) is 4.85. The molecule has 162 valence electrons. The number of carbonyl (C=O) groups is 2. The van der Waals surface area contributed by atoms with Crippen LogP contribution in [0.25, 0.3) is 11.0 Å². The van der Waals surface area contributed by atoms with Crippen LogP contribution in [0.3, 0.4) is 0 Å². The molecule has 11 nitrogen and oxygen atoms in total. The molecule has 0 aliphatic carbocycles. The number of nitrogens with zero attached hydrogens (tertiary/aromatic N) is 2. The van der Waals surface area contributed by atoms with Gasteiger partial charge in [-0.2, -0.15) is 0 Å². The summed E-state index contributed by atoms with van der Waals surface area (Å²) in [5.41, 5.74) is -0.0536. The number of fused-ring (bicyclic) bond motifs is 1. The van der Waals surface area contributed by atoms with Crippen molar-refractivity contribution in [2.24, 2.45) is 0 Å². The van der Waals surface area contributed by atoms with Crippen LogP contribution in [-0.4, -0.2) is 33.8 Å². The van der Waals surface area contributed by atoms with Gasteiger partial charge in [0.15, 0.2) is 6.29 Å². The van der Waals surface area contributed by atoms with Crippen molar-refractivity contribution >= 4 is 66.5 Å². The Bertz CT molecular complexity index is 1190. The summed E-state index contributed by atoms with van der Waals surface area (Å²) in [5.74, 6) is -0.864. The average Bonchev–Trinajstić information content (AvgIpc) is 3.15. The van der Waals surface area contributed by atoms with Crippen molar-refractivity contribution < 1.29 is 33.7 Å². The fourth-order valence-electron chi connectivity index (χ4n) is 2.30. The summed E-state index contributed by atoms with van der Waals surface area (Å²) in [6, 6.07) is 6.22. The van der Waals surface area contributed by atoms with E-state index < -0.39 is 15.8 Å². The van der Waals surface area contributed by atoms with Crippen LogP contribution < -0.4 is 0 Å². The number of esters is 1. The number of halogens is 2. The summed E-state index contributed by atoms with van der Waals surface area (Å²) in [6.45, 7) is 1.92. The first-order chi connectivity index (χ1) is 14.6. The van der Waals surface area contributed by atoms with Crippen LogP contribution in [0.4, 0.5) is 11.4 Å². The number of phenolic OH excluding ortho intramolecular Hbond substituents is 1. The second-order valence-corrected chi connectivity index (χ2v) is 7.38. The van der Waals surface area contributed by atoms with Gasteiger partial charge in [-0.3, -0.25) is 25.0 Å². The molecule has 1 N–H and O–H groups in total. The molecule has 0 radical (unpaired) electrons. The molecule has 3 aromatic rings. The van der Waals surface area contributed by atoms with E-state index >= 15 is 0 Å². The molecule has 0 unspecified atom stereocenters. The van der Waals surface area contributed by atoms with E-state index in [1.807, 2.05) is 0 Å². The minimum absolute atomic E-state index is 0.0213. The third-order valence-electron chi connectivity index (χ3n) is 3.66. The standard InChI is InChI=1S/C11H8BrNO5.C7H4BrNO4/c1-2-17-11(14)9-4-6-3-7(13(15)16)5-8(12)10(6)18-9;8-6-2-5(9(12)13)1-4(3-10)7(6)11/h3-5H,2H2,1H3;1-3,11H. The van der Waals surface area contributed by atoms with Crippen molar-refractivity contribution in [1.29, 1.82) is 0 Å². The van der Waals surface area contributed by atoms with E-state index in [0.29, 0.717) is 21.7 Å². The highest BCUT2D eigenvalue weighted by atomic mass is 79.9. The Labute approximate surface area is 190 Å². The number of nitro groups is 2. The Morgan fingerprint density at radius 2 is 1.68 bits per heavy atom. The fraction of sp³-hybridized carbons (Fsp3) is 0.111. The summed E-state index contributed by atoms with van der Waals surface area (Å²) in [4.78, 5) is 41.7. The highest BCUT2D eigenvalue weighted by molar-refractivity contribution is 9.11. The molecule has 31 heavy (non-hydrogen) atoms. The van der Waals surface area contributed by atoms with Gasteiger partial charge < -0.3 is 14.3 Å². The number of phenols is 1. The Morgan fingerprint density at radius 1 is 1.10 bits per heavy atom. The number of benzene rings is 2. The zero-order valence-corrected chi connectivity index (χ0v) is 18.7. The van der Waals surface area contributed by atoms with Crippen LogP contribution in [0.1, 0.15) is 27.8 Å². The minimum atomic E-state index is -0.642. The average molecular weight is 560 g/mol. The number of nitro benzene ring substituents is 2. The first kappa shape index (κ1) is 24.0. The molecule has 13 heteroatoms. The summed E-state index contributed by atoms with van der Waals surface area (Å²) < 4.78 is 10.6. The summed E-state index contributed by atoms with van der Waals surface area (Å²) >= 11 is 6.06. The molecule has 3 rings (SSSR count). The highest BCUT2D eigenvalue weighted by Crippen LogP contribution is 2.32. The second kappa shape index (κ2) is 10.1. The minimum Gasteiger partial charge on any atom is -0.506 e. The van der Waals surface area contributed by atoms with E-state index in [0.717, 1.165) is 12.1 Å². The van der Waals surface area contributed by atoms with Crippen molar-refractivity contribution in [3.8, 4) is 5.75 Å². The molecule has 0 fully saturated rings. The number of carbonyl (C=O) groups excluding carboxylic acids is 2. The predicted molar refractivity (Wildman–Crippen MR) is 114 cm³/mol. The quantitative estimate of drug-likeness (QED) is 0.192. The van der Waals surface area contributed by atoms with Gasteiger partial charge in [0.25, 0.3) is 11.4 Å². The number of hydrogen-bond donors (Lipinski definition) is 1. The lowest BCUT2D eigenvalue weighted by atomic mass is 10.2. The zero-order valence-electron chi connectivity index (χ0n) is 15.5. The van der Waals surface area contributed by atoms with Crippen LogP contribution in [0.5, 0.6) is 5.75 Å². The number of non-ortho nitro benzene ring substituents is 2. The van der Waals surface area contributed by atoms with Gasteiger partial charge in [0, 0.05) is 29.7 Å². The lowest BCUT2D eigenvalue weighted by Crippen LogP contribution is -2.02. The second-order valence-electron chi connectivity index (χ2n) is 5.67. The van der Waals surface area contributed by atoms with E-state index in [4.69, 9.17) is 9.15 Å². The third kappa shape index (κ3) is 5.64. The first-order valence-corrected chi connectivity index (χ1v) is 9.84. The van der Waals surface area contributed by atoms with Crippen molar-refractivity contribution in [2.75, 3.05) is 6.61 Å². The Kier molecular flexibility index (Phi) is 7.83. The van der Waals surface area contributed by atoms with Crippen LogP contribution >= 0.6 is 31.9 Å². The fourth-order valence-corrected chi connectivity index (χ4v) is 3.31. The zero-order chi connectivity index (χ0) is 23.3. The number of aldehydes is 1. The largest absolute Gasteiger partial charge is 0.506 e. The molecule has 0 saturated heterocycles. The molecule has 0 amide bonds. The van der Waals surface area contributed by atoms with Gasteiger partial charge in [-0.15, -0.1) is 0 Å². The molecule has 0 atom stereocenters. The number of aromatic hydroxyl groups is 1. The number of furan rings is 1. The topological polar surface area (TPSA) is 163 Å². The monoisotopic (exact) mass is 558 g/mol. The first-order valence-electron chi connectivity index (χ1n) is 8.25. The maximum Gasteiger partial charge on any atom is 0.374 e. The van der Waals surface area contributed by atoms with Crippen LogP contribution in [0, 0.1) is 20.2 Å². The van der Waals surface area contributed by atoms with Crippen LogP contribution in [-0.2, 0) is 4.74 Å². The molecule has 0 aliphatic rings. The highest BCUT2D eigenvalue weighted by Gasteiger charge is 2.18. The molecule has 1 heterocycles. The smallest absolute Gasteiger partial charge is 0.374 e. The van der Waals surface area contributed by atoms with Gasteiger partial charge in [-0.05, 0) is 44.8 Å². The van der Waals surface area contributed by atoms with E-state index in [1.165, 1.54) is 18.2 Å². The summed E-state index contributed by atoms with van der Waals surface area (Å²) in [7, 11) is 0. The van der Waals surface area contributed by atoms with Gasteiger partial charge >= 0.3 is 5.97 Å². The van der Waals surface area contributed by atoms with Crippen molar-refractivity contribution in [2.45, 2.75) is 6.92 Å².